The molecule has 0 aliphatic carbocycles. The van der Waals surface area contributed by atoms with Crippen LogP contribution in [0.1, 0.15) is 41.9 Å². The van der Waals surface area contributed by atoms with Gasteiger partial charge in [-0.3, -0.25) is 4.79 Å². The second kappa shape index (κ2) is 18.1. The number of rotatable bonds is 9. The zero-order chi connectivity index (χ0) is 28.5. The third-order valence-corrected chi connectivity index (χ3v) is 5.13. The average Bonchev–Trinajstić information content (AvgIpc) is 3.36. The number of aldehydes is 1. The zero-order valence-electron chi connectivity index (χ0n) is 23.4. The number of halogens is 1. The van der Waals surface area contributed by atoms with Crippen LogP contribution in [0.15, 0.2) is 36.9 Å². The van der Waals surface area contributed by atoms with Crippen LogP contribution in [0.4, 0.5) is 0 Å². The number of hydroxylamine groups is 2. The molecule has 206 valence electrons. The molecule has 0 atom stereocenters. The normalized spacial score (nSPS) is 9.62. The summed E-state index contributed by atoms with van der Waals surface area (Å²) in [7, 11) is 7.91. The maximum atomic E-state index is 10.8. The van der Waals surface area contributed by atoms with Gasteiger partial charge < -0.3 is 29.1 Å². The van der Waals surface area contributed by atoms with Crippen LogP contribution in [-0.2, 0) is 0 Å². The molecule has 8 nitrogen and oxygen atoms in total. The van der Waals surface area contributed by atoms with E-state index < -0.39 is 0 Å². The van der Waals surface area contributed by atoms with Gasteiger partial charge in [0.15, 0.2) is 17.8 Å². The van der Waals surface area contributed by atoms with Crippen molar-refractivity contribution in [3.63, 3.8) is 0 Å². The maximum Gasteiger partial charge on any atom is 0.205 e. The minimum atomic E-state index is 0.480. The SMILES string of the molecule is C=C(CCN(C)O)c1cc(OC)ccc1C.CC.CCl.COc1cc2cc(C=O)[nH]c2c(OC)c1OC. The van der Waals surface area contributed by atoms with Gasteiger partial charge in [-0.05, 0) is 54.3 Å². The zero-order valence-corrected chi connectivity index (χ0v) is 24.2. The first-order valence-electron chi connectivity index (χ1n) is 11.7. The van der Waals surface area contributed by atoms with Gasteiger partial charge in [-0.15, -0.1) is 11.6 Å². The Labute approximate surface area is 225 Å². The Kier molecular flexibility index (Phi) is 16.5. The number of nitrogens with zero attached hydrogens (tertiary/aromatic N) is 1. The number of carbonyl (C=O) groups is 1. The molecule has 2 aromatic carbocycles. The number of H-pyrrole nitrogens is 1. The lowest BCUT2D eigenvalue weighted by molar-refractivity contribution is -0.0624. The summed E-state index contributed by atoms with van der Waals surface area (Å²) < 4.78 is 21.0. The first-order chi connectivity index (χ1) is 17.8. The van der Waals surface area contributed by atoms with Crippen molar-refractivity contribution in [2.24, 2.45) is 0 Å². The smallest absolute Gasteiger partial charge is 0.205 e. The molecule has 1 heterocycles. The summed E-state index contributed by atoms with van der Waals surface area (Å²) in [5.41, 5.74) is 4.48. The quantitative estimate of drug-likeness (QED) is 0.180. The first kappa shape index (κ1) is 33.8. The van der Waals surface area contributed by atoms with Crippen molar-refractivity contribution >= 4 is 34.4 Å². The van der Waals surface area contributed by atoms with Gasteiger partial charge in [-0.2, -0.15) is 5.06 Å². The standard InChI is InChI=1S/C13H19NO2.C12H13NO4.C2H6.CH3Cl/c1-10-5-6-12(16-4)9-13(10)11(2)7-8-14(3)15;1-15-9-5-7-4-8(6-14)13-10(7)12(17-3)11(9)16-2;2*1-2/h5-6,9,15H,2,7-8H2,1,3-4H3;4-6,13H,1-3H3;1-2H3;1H3. The van der Waals surface area contributed by atoms with Crippen LogP contribution >= 0.6 is 11.6 Å². The Morgan fingerprint density at radius 2 is 1.65 bits per heavy atom. The Morgan fingerprint density at radius 3 is 2.14 bits per heavy atom. The summed E-state index contributed by atoms with van der Waals surface area (Å²) in [4.78, 5) is 13.7. The summed E-state index contributed by atoms with van der Waals surface area (Å²) in [6.07, 6.45) is 2.96. The summed E-state index contributed by atoms with van der Waals surface area (Å²) in [5.74, 6) is 2.42. The highest BCUT2D eigenvalue weighted by Crippen LogP contribution is 2.43. The van der Waals surface area contributed by atoms with E-state index in [4.69, 9.17) is 24.2 Å². The number of hydrogen-bond donors (Lipinski definition) is 2. The lowest BCUT2D eigenvalue weighted by atomic mass is 9.99. The maximum absolute atomic E-state index is 10.8. The summed E-state index contributed by atoms with van der Waals surface area (Å²) in [6.45, 7) is 10.7. The number of carbonyl (C=O) groups excluding carboxylic acids is 1. The highest BCUT2D eigenvalue weighted by atomic mass is 35.5. The predicted octanol–water partition coefficient (Wildman–Crippen LogP) is 6.62. The second-order valence-electron chi connectivity index (χ2n) is 7.37. The molecular formula is C28H41ClN2O6. The van der Waals surface area contributed by atoms with Gasteiger partial charge in [-0.1, -0.05) is 26.5 Å². The molecule has 0 unspecified atom stereocenters. The van der Waals surface area contributed by atoms with Crippen molar-refractivity contribution in [1.82, 2.24) is 10.0 Å². The highest BCUT2D eigenvalue weighted by Gasteiger charge is 2.17. The third kappa shape index (κ3) is 9.64. The molecule has 0 amide bonds. The molecule has 0 spiro atoms. The van der Waals surface area contributed by atoms with Crippen LogP contribution in [0.5, 0.6) is 23.0 Å². The third-order valence-electron chi connectivity index (χ3n) is 5.13. The summed E-state index contributed by atoms with van der Waals surface area (Å²) in [5, 5.41) is 11.1. The van der Waals surface area contributed by atoms with Gasteiger partial charge in [-0.25, -0.2) is 0 Å². The second-order valence-corrected chi connectivity index (χ2v) is 7.37. The molecular weight excluding hydrogens is 496 g/mol. The lowest BCUT2D eigenvalue weighted by Gasteiger charge is -2.13. The molecule has 0 aliphatic heterocycles. The minimum absolute atomic E-state index is 0.480. The van der Waals surface area contributed by atoms with Crippen molar-refractivity contribution in [2.45, 2.75) is 27.2 Å². The molecule has 0 aliphatic rings. The van der Waals surface area contributed by atoms with Gasteiger partial charge in [0.05, 0.1) is 39.6 Å². The molecule has 2 N–H and O–H groups in total. The fourth-order valence-corrected chi connectivity index (χ4v) is 3.37. The molecule has 0 saturated carbocycles. The van der Waals surface area contributed by atoms with Gasteiger partial charge >= 0.3 is 0 Å². The van der Waals surface area contributed by atoms with E-state index >= 15 is 0 Å². The van der Waals surface area contributed by atoms with Gasteiger partial charge in [0, 0.05) is 25.4 Å². The predicted molar refractivity (Wildman–Crippen MR) is 152 cm³/mol. The van der Waals surface area contributed by atoms with Crippen LogP contribution in [0.25, 0.3) is 16.5 Å². The van der Waals surface area contributed by atoms with Gasteiger partial charge in [0.25, 0.3) is 0 Å². The van der Waals surface area contributed by atoms with Gasteiger partial charge in [0.2, 0.25) is 5.75 Å². The number of alkyl halides is 1. The van der Waals surface area contributed by atoms with Crippen LogP contribution in [0, 0.1) is 6.92 Å². The minimum Gasteiger partial charge on any atom is -0.497 e. The van der Waals surface area contributed by atoms with Crippen LogP contribution in [0.2, 0.25) is 0 Å². The number of fused-ring (bicyclic) bond motifs is 1. The van der Waals surface area contributed by atoms with Crippen LogP contribution in [-0.4, -0.2) is 70.0 Å². The molecule has 0 radical (unpaired) electrons. The highest BCUT2D eigenvalue weighted by molar-refractivity contribution is 6.15. The van der Waals surface area contributed by atoms with Crippen molar-refractivity contribution in [2.75, 3.05) is 48.4 Å². The van der Waals surface area contributed by atoms with Gasteiger partial charge in [0.1, 0.15) is 5.75 Å². The lowest BCUT2D eigenvalue weighted by Crippen LogP contribution is -2.14. The molecule has 0 bridgehead atoms. The summed E-state index contributed by atoms with van der Waals surface area (Å²) in [6, 6.07) is 9.45. The topological polar surface area (TPSA) is 93.3 Å². The number of aryl methyl sites for hydroxylation is 1. The van der Waals surface area contributed by atoms with E-state index in [0.717, 1.165) is 35.0 Å². The Hall–Kier alpha value is -3.20. The Bertz CT molecular complexity index is 1110. The number of aromatic nitrogens is 1. The van der Waals surface area contributed by atoms with Crippen LogP contribution in [0.3, 0.4) is 0 Å². The average molecular weight is 537 g/mol. The molecule has 3 aromatic rings. The van der Waals surface area contributed by atoms with E-state index in [2.05, 4.69) is 23.2 Å². The number of hydrogen-bond acceptors (Lipinski definition) is 7. The van der Waals surface area contributed by atoms with Crippen molar-refractivity contribution in [3.05, 3.63) is 53.7 Å². The number of benzene rings is 2. The van der Waals surface area contributed by atoms with E-state index in [1.165, 1.54) is 31.2 Å². The van der Waals surface area contributed by atoms with E-state index in [0.29, 0.717) is 35.0 Å². The van der Waals surface area contributed by atoms with Crippen LogP contribution < -0.4 is 18.9 Å². The van der Waals surface area contributed by atoms with E-state index in [1.807, 2.05) is 39.0 Å². The number of ether oxygens (including phenoxy) is 4. The van der Waals surface area contributed by atoms with Crippen molar-refractivity contribution in [1.29, 1.82) is 0 Å². The van der Waals surface area contributed by atoms with E-state index in [9.17, 15) is 4.79 Å². The number of methoxy groups -OCH3 is 4. The molecule has 37 heavy (non-hydrogen) atoms. The van der Waals surface area contributed by atoms with Crippen molar-refractivity contribution < 1.29 is 28.9 Å². The molecule has 3 rings (SSSR count). The molecule has 0 fully saturated rings. The molecule has 1 aromatic heterocycles. The first-order valence-corrected chi connectivity index (χ1v) is 12.4. The molecule has 0 saturated heterocycles. The van der Waals surface area contributed by atoms with E-state index in [-0.39, 0.29) is 0 Å². The van der Waals surface area contributed by atoms with E-state index in [1.54, 1.807) is 33.4 Å². The fourth-order valence-electron chi connectivity index (χ4n) is 3.37. The monoisotopic (exact) mass is 536 g/mol. The Morgan fingerprint density at radius 1 is 1.03 bits per heavy atom. The number of aromatic amines is 1. The fraction of sp³-hybridized carbons (Fsp3) is 0.393. The molecule has 9 heteroatoms. The summed E-state index contributed by atoms with van der Waals surface area (Å²) >= 11 is 4.64. The number of nitrogens with one attached hydrogen (secondary N) is 1. The largest absolute Gasteiger partial charge is 0.497 e. The Balaban J connectivity index is 0.000000619. The van der Waals surface area contributed by atoms with Crippen molar-refractivity contribution in [3.8, 4) is 23.0 Å².